The van der Waals surface area contributed by atoms with E-state index >= 15 is 0 Å². The molecule has 0 N–H and O–H groups in total. The third-order valence-electron chi connectivity index (χ3n) is 13.4. The molecule has 0 amide bonds. The number of hydrogen-bond acceptors (Lipinski definition) is 9. The monoisotopic (exact) mass is 1680 g/mol. The number of carbonyl (C=O) groups excluding carboxylic acids is 3. The molecule has 4 aromatic rings. The molecule has 9 nitrogen and oxygen atoms in total. The van der Waals surface area contributed by atoms with E-state index in [9.17, 15) is 14.4 Å². The number of hydrogen-bond donors (Lipinski definition) is 0. The third-order valence-corrected chi connectivity index (χ3v) is 13.4. The smallest absolute Gasteiger partial charge is 1.00 e. The number of esters is 3. The summed E-state index contributed by atoms with van der Waals surface area (Å²) in [6.07, 6.45) is 9.50. The van der Waals surface area contributed by atoms with E-state index in [2.05, 4.69) is 119 Å². The first-order valence-corrected chi connectivity index (χ1v) is 22.2. The molecule has 3 heterocycles. The molecule has 18 heteroatoms. The predicted octanol–water partition coefficient (Wildman–Crippen LogP) is -5.13. The first-order valence-electron chi connectivity index (χ1n) is 22.2. The Morgan fingerprint density at radius 1 is 0.293 bits per heavy atom. The Kier molecular flexibility index (Phi) is 47.3. The van der Waals surface area contributed by atoms with Crippen LogP contribution in [-0.4, -0.2) is 32.9 Å². The summed E-state index contributed by atoms with van der Waals surface area (Å²) in [5.74, 6) is 19.9. The zero-order valence-electron chi connectivity index (χ0n) is 44.8. The van der Waals surface area contributed by atoms with Crippen molar-refractivity contribution in [2.75, 3.05) is 0 Å². The van der Waals surface area contributed by atoms with Gasteiger partial charge in [0.1, 0.15) is 19.8 Å². The molecule has 3 aliphatic carbocycles. The summed E-state index contributed by atoms with van der Waals surface area (Å²) in [6.45, 7) is 33.0. The molecular formula is C57H66Cl6Ir3N3O6+3. The second-order valence-corrected chi connectivity index (χ2v) is 17.0. The molecular weight excluding hydrogens is 1610 g/mol. The molecule has 0 aliphatic heterocycles. The van der Waals surface area contributed by atoms with Gasteiger partial charge in [-0.3, -0.25) is 15.0 Å². The van der Waals surface area contributed by atoms with Gasteiger partial charge in [0.2, 0.25) is 0 Å². The summed E-state index contributed by atoms with van der Waals surface area (Å²) in [5, 5.41) is 0. The fourth-order valence-corrected chi connectivity index (χ4v) is 7.33. The first kappa shape index (κ1) is 85.1. The minimum absolute atomic E-state index is 0. The number of aromatic nitrogens is 3. The van der Waals surface area contributed by atoms with Crippen LogP contribution in [0.5, 0.6) is 0 Å². The van der Waals surface area contributed by atoms with Gasteiger partial charge in [-0.05, 0) is 160 Å². The maximum Gasteiger partial charge on any atom is 3.00 e. The SMILES string of the molecule is C[C]1[C](C)[C](C)[C](C)[C]1C.C[C]1[C](C)[C](C)[C](C)[C]1C.C[C]1[C](C)[C](C)[C](C)[C]1C.O=C(OCc1ccncc1)c1cc(C(=O)OCc2ccncc2)cc(C(=O)OCc2ccncc2)c1.[Cl-].[Cl-].[Cl-].[Cl-].[Cl-].[Cl-].[Ir+3].[Ir+3].[Ir+3]. The van der Waals surface area contributed by atoms with Crippen LogP contribution >= 0.6 is 0 Å². The quantitative estimate of drug-likeness (QED) is 0.120. The van der Waals surface area contributed by atoms with E-state index in [-0.39, 0.29) is 171 Å². The van der Waals surface area contributed by atoms with Crippen molar-refractivity contribution >= 4 is 17.9 Å². The van der Waals surface area contributed by atoms with Crippen LogP contribution in [0.15, 0.2) is 91.8 Å². The standard InChI is InChI=1S/C27H21N3O6.3C10H15.6ClH.3Ir/c31-25(34-16-19-1-7-28-8-2-19)22-13-23(26(32)35-17-20-3-9-29-10-4-20)15-24(14-22)27(33)36-18-21-5-11-30-12-6-21;3*1-6-7(2)9(4)10(5)8(6)3;;;;;;;;;/h1-15H,16-18H2;3*1-5H3;6*1H;;;/q;;;;;;;;;;3*+3/p-6. The fourth-order valence-electron chi connectivity index (χ4n) is 7.33. The summed E-state index contributed by atoms with van der Waals surface area (Å²) in [7, 11) is 0. The van der Waals surface area contributed by atoms with Crippen molar-refractivity contribution in [2.45, 2.75) is 124 Å². The van der Waals surface area contributed by atoms with E-state index in [1.54, 1.807) is 73.6 Å². The normalized spacial score (nSPS) is 16.4. The average molecular weight is 1680 g/mol. The Balaban J connectivity index is -0.000000252. The van der Waals surface area contributed by atoms with E-state index in [1.807, 2.05) is 0 Å². The van der Waals surface area contributed by atoms with E-state index < -0.39 is 17.9 Å². The van der Waals surface area contributed by atoms with Crippen LogP contribution in [0, 0.1) is 88.8 Å². The molecule has 3 aromatic heterocycles. The van der Waals surface area contributed by atoms with Gasteiger partial charge >= 0.3 is 78.2 Å². The van der Waals surface area contributed by atoms with Crippen molar-refractivity contribution in [1.29, 1.82) is 0 Å². The summed E-state index contributed by atoms with van der Waals surface area (Å²) in [6, 6.07) is 14.2. The van der Waals surface area contributed by atoms with Crippen LogP contribution in [0.2, 0.25) is 0 Å². The van der Waals surface area contributed by atoms with Crippen molar-refractivity contribution < 1.29 is 163 Å². The van der Waals surface area contributed by atoms with Crippen LogP contribution in [0.4, 0.5) is 0 Å². The van der Waals surface area contributed by atoms with Crippen LogP contribution < -0.4 is 74.4 Å². The minimum Gasteiger partial charge on any atom is -1.00 e. The van der Waals surface area contributed by atoms with Gasteiger partial charge in [-0.1, -0.05) is 104 Å². The van der Waals surface area contributed by atoms with E-state index in [0.29, 0.717) is 0 Å². The van der Waals surface area contributed by atoms with Gasteiger partial charge < -0.3 is 88.7 Å². The Labute approximate surface area is 529 Å². The van der Waals surface area contributed by atoms with Crippen molar-refractivity contribution in [3.05, 3.63) is 214 Å². The van der Waals surface area contributed by atoms with Crippen molar-refractivity contribution in [1.82, 2.24) is 15.0 Å². The molecule has 0 spiro atoms. The predicted molar refractivity (Wildman–Crippen MR) is 260 cm³/mol. The largest absolute Gasteiger partial charge is 3.00 e. The Morgan fingerprint density at radius 2 is 0.427 bits per heavy atom. The molecule has 3 aliphatic rings. The Morgan fingerprint density at radius 3 is 0.560 bits per heavy atom. The van der Waals surface area contributed by atoms with E-state index in [4.69, 9.17) is 14.2 Å². The van der Waals surface area contributed by atoms with Gasteiger partial charge in [0.25, 0.3) is 0 Å². The maximum atomic E-state index is 12.8. The van der Waals surface area contributed by atoms with E-state index in [0.717, 1.165) is 16.7 Å². The minimum atomic E-state index is -0.709. The fraction of sp³-hybridized carbons (Fsp3) is 0.316. The topological polar surface area (TPSA) is 118 Å². The van der Waals surface area contributed by atoms with Crippen molar-refractivity contribution in [2.24, 2.45) is 0 Å². The molecule has 0 atom stereocenters. The number of benzene rings is 1. The molecule has 0 bridgehead atoms. The van der Waals surface area contributed by atoms with Gasteiger partial charge in [0, 0.05) is 37.2 Å². The molecule has 0 saturated heterocycles. The van der Waals surface area contributed by atoms with Crippen LogP contribution in [0.1, 0.15) is 152 Å². The molecule has 3 fully saturated rings. The Bertz CT molecular complexity index is 1760. The maximum absolute atomic E-state index is 12.8. The number of rotatable bonds is 9. The second-order valence-electron chi connectivity index (χ2n) is 17.0. The number of carbonyl (C=O) groups is 3. The van der Waals surface area contributed by atoms with Gasteiger partial charge in [-0.2, -0.15) is 0 Å². The van der Waals surface area contributed by atoms with Gasteiger partial charge in [0.15, 0.2) is 0 Å². The van der Waals surface area contributed by atoms with Crippen molar-refractivity contribution in [3.63, 3.8) is 0 Å². The number of pyridine rings is 3. The summed E-state index contributed by atoms with van der Waals surface area (Å²) < 4.78 is 16.1. The van der Waals surface area contributed by atoms with Gasteiger partial charge in [0.05, 0.1) is 16.7 Å². The van der Waals surface area contributed by atoms with Crippen LogP contribution in [0.25, 0.3) is 0 Å². The van der Waals surface area contributed by atoms with Crippen molar-refractivity contribution in [3.8, 4) is 0 Å². The molecule has 7 rings (SSSR count). The molecule has 3 saturated carbocycles. The first-order chi connectivity index (χ1) is 31.2. The Hall–Kier alpha value is -1.23. The number of nitrogens with zero attached hydrogens (tertiary/aromatic N) is 3. The molecule has 0 unspecified atom stereocenters. The molecule has 15 radical (unpaired) electrons. The summed E-state index contributed by atoms with van der Waals surface area (Å²) >= 11 is 0. The summed E-state index contributed by atoms with van der Waals surface area (Å²) in [4.78, 5) is 50.1. The number of halogens is 6. The van der Waals surface area contributed by atoms with E-state index in [1.165, 1.54) is 107 Å². The van der Waals surface area contributed by atoms with Gasteiger partial charge in [-0.15, -0.1) is 0 Å². The molecule has 411 valence electrons. The zero-order valence-corrected chi connectivity index (χ0v) is 56.6. The second kappa shape index (κ2) is 41.7. The zero-order chi connectivity index (χ0) is 48.8. The number of ether oxygens (including phenoxy) is 3. The van der Waals surface area contributed by atoms with Crippen LogP contribution in [-0.2, 0) is 94.3 Å². The average Bonchev–Trinajstić information content (AvgIpc) is 3.71. The van der Waals surface area contributed by atoms with Gasteiger partial charge in [-0.25, -0.2) is 14.4 Å². The van der Waals surface area contributed by atoms with Crippen LogP contribution in [0.3, 0.4) is 0 Å². The molecule has 75 heavy (non-hydrogen) atoms. The molecule has 1 aromatic carbocycles. The third kappa shape index (κ3) is 24.6. The summed E-state index contributed by atoms with van der Waals surface area (Å²) in [5.41, 5.74) is 2.25.